The highest BCUT2D eigenvalue weighted by Gasteiger charge is 2.44. The van der Waals surface area contributed by atoms with E-state index >= 15 is 0 Å². The standard InChI is InChI=1S/C23H38N2O/c1-16(2)5-4-6-17(3)11-23(26)25-10-9-24-22-15-19-8-7-18-12-20(19)14-21(22)13-18/h5,11,18-22,24H,4,6-10,12-15H2,1-3H3,(H,25,26)/b17-11+. The smallest absolute Gasteiger partial charge is 0.243 e. The Labute approximate surface area is 160 Å². The first-order valence-corrected chi connectivity index (χ1v) is 10.8. The van der Waals surface area contributed by atoms with Crippen molar-refractivity contribution in [3.63, 3.8) is 0 Å². The van der Waals surface area contributed by atoms with E-state index in [-0.39, 0.29) is 5.91 Å². The van der Waals surface area contributed by atoms with Crippen molar-refractivity contribution >= 4 is 5.91 Å². The Morgan fingerprint density at radius 2 is 1.77 bits per heavy atom. The number of rotatable bonds is 8. The first-order chi connectivity index (χ1) is 12.5. The van der Waals surface area contributed by atoms with Crippen LogP contribution in [0.4, 0.5) is 0 Å². The highest BCUT2D eigenvalue weighted by Crippen LogP contribution is 2.52. The van der Waals surface area contributed by atoms with Gasteiger partial charge in [-0.25, -0.2) is 0 Å². The zero-order chi connectivity index (χ0) is 18.5. The lowest BCUT2D eigenvalue weighted by Gasteiger charge is -2.52. The van der Waals surface area contributed by atoms with Gasteiger partial charge >= 0.3 is 0 Å². The SMILES string of the molecule is CC(C)=CCC/C(C)=C/C(=O)NCCNC1CC2CCC3CC2CC1C3. The minimum Gasteiger partial charge on any atom is -0.351 e. The van der Waals surface area contributed by atoms with Crippen molar-refractivity contribution < 1.29 is 4.79 Å². The van der Waals surface area contributed by atoms with Gasteiger partial charge < -0.3 is 10.6 Å². The molecule has 3 rings (SSSR count). The molecule has 0 saturated heterocycles. The zero-order valence-electron chi connectivity index (χ0n) is 17.0. The summed E-state index contributed by atoms with van der Waals surface area (Å²) in [5.74, 6) is 3.97. The Morgan fingerprint density at radius 3 is 2.58 bits per heavy atom. The van der Waals surface area contributed by atoms with Crippen LogP contribution in [0.25, 0.3) is 0 Å². The van der Waals surface area contributed by atoms with Crippen LogP contribution in [0.5, 0.6) is 0 Å². The molecular formula is C23H38N2O. The van der Waals surface area contributed by atoms with E-state index in [1.807, 2.05) is 6.92 Å². The van der Waals surface area contributed by atoms with Crippen molar-refractivity contribution in [2.45, 2.75) is 78.2 Å². The van der Waals surface area contributed by atoms with Gasteiger partial charge in [-0.1, -0.05) is 23.6 Å². The second-order valence-corrected chi connectivity index (χ2v) is 9.33. The maximum atomic E-state index is 12.0. The van der Waals surface area contributed by atoms with Gasteiger partial charge in [0.1, 0.15) is 0 Å². The number of allylic oxidation sites excluding steroid dienone is 3. The topological polar surface area (TPSA) is 41.1 Å². The van der Waals surface area contributed by atoms with E-state index in [9.17, 15) is 4.79 Å². The van der Waals surface area contributed by atoms with Crippen LogP contribution < -0.4 is 10.6 Å². The van der Waals surface area contributed by atoms with Crippen LogP contribution in [-0.4, -0.2) is 25.0 Å². The molecule has 0 aliphatic heterocycles. The summed E-state index contributed by atoms with van der Waals surface area (Å²) in [7, 11) is 0. The van der Waals surface area contributed by atoms with Crippen molar-refractivity contribution in [1.29, 1.82) is 0 Å². The van der Waals surface area contributed by atoms with Gasteiger partial charge in [-0.15, -0.1) is 0 Å². The lowest BCUT2D eigenvalue weighted by atomic mass is 9.56. The van der Waals surface area contributed by atoms with E-state index in [4.69, 9.17) is 0 Å². The van der Waals surface area contributed by atoms with E-state index in [0.717, 1.165) is 55.2 Å². The lowest BCUT2D eigenvalue weighted by Crippen LogP contribution is -2.51. The predicted octanol–water partition coefficient (Wildman–Crippen LogP) is 4.60. The van der Waals surface area contributed by atoms with Gasteiger partial charge in [-0.3, -0.25) is 4.79 Å². The minimum absolute atomic E-state index is 0.0573. The average molecular weight is 359 g/mol. The molecule has 0 aromatic rings. The molecule has 3 heteroatoms. The largest absolute Gasteiger partial charge is 0.351 e. The number of carbonyl (C=O) groups is 1. The number of hydrogen-bond acceptors (Lipinski definition) is 2. The Kier molecular flexibility index (Phi) is 6.97. The number of fused-ring (bicyclic) bond motifs is 2. The van der Waals surface area contributed by atoms with Gasteiger partial charge in [0, 0.05) is 25.2 Å². The molecular weight excluding hydrogens is 320 g/mol. The van der Waals surface area contributed by atoms with Crippen molar-refractivity contribution in [3.05, 3.63) is 23.3 Å². The summed E-state index contributed by atoms with van der Waals surface area (Å²) < 4.78 is 0. The number of carbonyl (C=O) groups excluding carboxylic acids is 1. The van der Waals surface area contributed by atoms with Crippen LogP contribution >= 0.6 is 0 Å². The molecule has 3 bridgehead atoms. The maximum Gasteiger partial charge on any atom is 0.243 e. The Bertz CT molecular complexity index is 544. The molecule has 0 heterocycles. The number of amides is 1. The van der Waals surface area contributed by atoms with Gasteiger partial charge in [0.05, 0.1) is 0 Å². The molecule has 0 aromatic heterocycles. The van der Waals surface area contributed by atoms with Crippen LogP contribution in [-0.2, 0) is 4.79 Å². The molecule has 3 aliphatic carbocycles. The monoisotopic (exact) mass is 358 g/mol. The Morgan fingerprint density at radius 1 is 0.962 bits per heavy atom. The summed E-state index contributed by atoms with van der Waals surface area (Å²) in [5, 5.41) is 6.82. The van der Waals surface area contributed by atoms with Crippen molar-refractivity contribution in [2.75, 3.05) is 13.1 Å². The molecule has 3 aliphatic rings. The zero-order valence-corrected chi connectivity index (χ0v) is 17.0. The summed E-state index contributed by atoms with van der Waals surface area (Å²) in [6, 6.07) is 0.692. The lowest BCUT2D eigenvalue weighted by molar-refractivity contribution is -0.116. The van der Waals surface area contributed by atoms with Gasteiger partial charge in [0.15, 0.2) is 0 Å². The fourth-order valence-corrected chi connectivity index (χ4v) is 5.63. The normalized spacial score (nSPS) is 33.0. The maximum absolute atomic E-state index is 12.0. The summed E-state index contributed by atoms with van der Waals surface area (Å²) in [4.78, 5) is 12.0. The van der Waals surface area contributed by atoms with Crippen LogP contribution in [0.15, 0.2) is 23.3 Å². The molecule has 146 valence electrons. The fraction of sp³-hybridized carbons (Fsp3) is 0.783. The summed E-state index contributed by atoms with van der Waals surface area (Å²) in [5.41, 5.74) is 2.50. The van der Waals surface area contributed by atoms with Crippen LogP contribution in [0.3, 0.4) is 0 Å². The molecule has 3 fully saturated rings. The Balaban J connectivity index is 1.34. The third-order valence-corrected chi connectivity index (χ3v) is 6.92. The molecule has 5 atom stereocenters. The third-order valence-electron chi connectivity index (χ3n) is 6.92. The van der Waals surface area contributed by atoms with E-state index in [1.54, 1.807) is 6.08 Å². The third kappa shape index (κ3) is 5.45. The predicted molar refractivity (Wildman–Crippen MR) is 109 cm³/mol. The number of hydrogen-bond donors (Lipinski definition) is 2. The van der Waals surface area contributed by atoms with Crippen molar-refractivity contribution in [2.24, 2.45) is 23.7 Å². The molecule has 3 nitrogen and oxygen atoms in total. The van der Waals surface area contributed by atoms with E-state index in [1.165, 1.54) is 44.1 Å². The van der Waals surface area contributed by atoms with Crippen LogP contribution in [0, 0.1) is 23.7 Å². The molecule has 5 unspecified atom stereocenters. The van der Waals surface area contributed by atoms with Gasteiger partial charge in [-0.2, -0.15) is 0 Å². The highest BCUT2D eigenvalue weighted by molar-refractivity contribution is 5.88. The van der Waals surface area contributed by atoms with Crippen LogP contribution in [0.2, 0.25) is 0 Å². The molecule has 2 N–H and O–H groups in total. The van der Waals surface area contributed by atoms with E-state index < -0.39 is 0 Å². The first kappa shape index (κ1) is 19.7. The Hall–Kier alpha value is -1.09. The second kappa shape index (κ2) is 9.21. The van der Waals surface area contributed by atoms with E-state index in [2.05, 4.69) is 30.6 Å². The molecule has 0 aromatic carbocycles. The molecule has 0 radical (unpaired) electrons. The molecule has 26 heavy (non-hydrogen) atoms. The molecule has 0 spiro atoms. The first-order valence-electron chi connectivity index (χ1n) is 10.8. The number of nitrogens with one attached hydrogen (secondary N) is 2. The highest BCUT2D eigenvalue weighted by atomic mass is 16.1. The summed E-state index contributed by atoms with van der Waals surface area (Å²) in [6.07, 6.45) is 14.7. The minimum atomic E-state index is 0.0573. The van der Waals surface area contributed by atoms with Crippen LogP contribution in [0.1, 0.15) is 72.1 Å². The van der Waals surface area contributed by atoms with Gasteiger partial charge in [0.25, 0.3) is 0 Å². The van der Waals surface area contributed by atoms with Gasteiger partial charge in [0.2, 0.25) is 5.91 Å². The summed E-state index contributed by atoms with van der Waals surface area (Å²) >= 11 is 0. The van der Waals surface area contributed by atoms with Gasteiger partial charge in [-0.05, 0) is 89.4 Å². The fourth-order valence-electron chi connectivity index (χ4n) is 5.63. The summed E-state index contributed by atoms with van der Waals surface area (Å²) in [6.45, 7) is 7.91. The molecule has 1 amide bonds. The van der Waals surface area contributed by atoms with Crippen molar-refractivity contribution in [3.8, 4) is 0 Å². The second-order valence-electron chi connectivity index (χ2n) is 9.33. The molecule has 3 saturated carbocycles. The van der Waals surface area contributed by atoms with E-state index in [0.29, 0.717) is 6.04 Å². The van der Waals surface area contributed by atoms with Crippen molar-refractivity contribution in [1.82, 2.24) is 10.6 Å². The average Bonchev–Trinajstić information content (AvgIpc) is 2.58. The quantitative estimate of drug-likeness (QED) is 0.378.